The van der Waals surface area contributed by atoms with Crippen LogP contribution in [0.25, 0.3) is 0 Å². The molecule has 0 unspecified atom stereocenters. The van der Waals surface area contributed by atoms with Crippen molar-refractivity contribution in [3.63, 3.8) is 0 Å². The van der Waals surface area contributed by atoms with E-state index in [-0.39, 0.29) is 23.6 Å². The molecule has 0 amide bonds. The van der Waals surface area contributed by atoms with Crippen LogP contribution in [0.1, 0.15) is 32.4 Å². The predicted molar refractivity (Wildman–Crippen MR) is 71.7 cm³/mol. The summed E-state index contributed by atoms with van der Waals surface area (Å²) in [7, 11) is 0. The molecule has 0 aromatic heterocycles. The molecule has 0 saturated carbocycles. The Kier molecular flexibility index (Phi) is 6.29. The van der Waals surface area contributed by atoms with Crippen molar-refractivity contribution in [1.29, 1.82) is 0 Å². The molecule has 0 radical (unpaired) electrons. The van der Waals surface area contributed by atoms with Gasteiger partial charge in [-0.1, -0.05) is 32.9 Å². The number of ether oxygens (including phenoxy) is 1. The number of benzene rings is 1. The van der Waals surface area contributed by atoms with Crippen molar-refractivity contribution in [2.24, 2.45) is 11.1 Å². The summed E-state index contributed by atoms with van der Waals surface area (Å²) in [4.78, 5) is 0. The highest BCUT2D eigenvalue weighted by Crippen LogP contribution is 2.33. The summed E-state index contributed by atoms with van der Waals surface area (Å²) in [6.45, 7) is 5.66. The number of hydrogen-bond donors (Lipinski definition) is 1. The zero-order valence-electron chi connectivity index (χ0n) is 11.4. The van der Waals surface area contributed by atoms with E-state index in [1.54, 1.807) is 6.07 Å². The first kappa shape index (κ1) is 19.0. The zero-order valence-corrected chi connectivity index (χ0v) is 12.2. The molecule has 0 fully saturated rings. The molecule has 0 saturated heterocycles. The van der Waals surface area contributed by atoms with E-state index in [2.05, 4.69) is 4.74 Å². The molecule has 20 heavy (non-hydrogen) atoms. The van der Waals surface area contributed by atoms with Gasteiger partial charge in [0.25, 0.3) is 0 Å². The standard InChI is InChI=1S/C13H17F4NO.ClH/c1-12(2,3)10(18)8-5-4-6-9(7-8)19-13(16,17)11(14)15;/h4-7,10-11H,18H2,1-3H3;1H/t10-;/m0./s1. The van der Waals surface area contributed by atoms with Crippen LogP contribution in [0.2, 0.25) is 0 Å². The molecule has 1 atom stereocenters. The van der Waals surface area contributed by atoms with Crippen LogP contribution in [0.5, 0.6) is 5.75 Å². The van der Waals surface area contributed by atoms with Gasteiger partial charge in [-0.05, 0) is 23.1 Å². The molecule has 1 rings (SSSR count). The van der Waals surface area contributed by atoms with Crippen molar-refractivity contribution in [2.45, 2.75) is 39.3 Å². The van der Waals surface area contributed by atoms with Crippen LogP contribution in [-0.4, -0.2) is 12.5 Å². The normalized spacial score (nSPS) is 13.8. The van der Waals surface area contributed by atoms with Gasteiger partial charge in [0, 0.05) is 6.04 Å². The monoisotopic (exact) mass is 315 g/mol. The van der Waals surface area contributed by atoms with Crippen LogP contribution < -0.4 is 10.5 Å². The van der Waals surface area contributed by atoms with Crippen molar-refractivity contribution >= 4 is 12.4 Å². The Morgan fingerprint density at radius 3 is 2.15 bits per heavy atom. The van der Waals surface area contributed by atoms with Crippen molar-refractivity contribution in [1.82, 2.24) is 0 Å². The Bertz CT molecular complexity index is 435. The lowest BCUT2D eigenvalue weighted by atomic mass is 9.83. The first-order valence-corrected chi connectivity index (χ1v) is 5.74. The minimum Gasteiger partial charge on any atom is -0.428 e. The summed E-state index contributed by atoms with van der Waals surface area (Å²) in [5.74, 6) is -0.331. The van der Waals surface area contributed by atoms with E-state index in [1.165, 1.54) is 18.2 Å². The van der Waals surface area contributed by atoms with Crippen LogP contribution in [-0.2, 0) is 0 Å². The zero-order chi connectivity index (χ0) is 14.8. The molecule has 0 spiro atoms. The Balaban J connectivity index is 0.00000361. The molecule has 1 aromatic rings. The van der Waals surface area contributed by atoms with Crippen LogP contribution in [0, 0.1) is 5.41 Å². The molecule has 1 aromatic carbocycles. The largest absolute Gasteiger partial charge is 0.461 e. The summed E-state index contributed by atoms with van der Waals surface area (Å²) in [6.07, 6.45) is -8.39. The van der Waals surface area contributed by atoms with Crippen LogP contribution >= 0.6 is 12.4 Å². The Hall–Kier alpha value is -1.01. The average molecular weight is 316 g/mol. The fraction of sp³-hybridized carbons (Fsp3) is 0.538. The van der Waals surface area contributed by atoms with Gasteiger partial charge in [0.15, 0.2) is 0 Å². The highest BCUT2D eigenvalue weighted by atomic mass is 35.5. The van der Waals surface area contributed by atoms with E-state index in [9.17, 15) is 17.6 Å². The molecule has 0 aliphatic heterocycles. The lowest BCUT2D eigenvalue weighted by Gasteiger charge is -2.28. The summed E-state index contributed by atoms with van der Waals surface area (Å²) in [5, 5.41) is 0. The number of hydrogen-bond acceptors (Lipinski definition) is 2. The molecular formula is C13H18ClF4NO. The molecule has 2 nitrogen and oxygen atoms in total. The van der Waals surface area contributed by atoms with Gasteiger partial charge in [0.2, 0.25) is 0 Å². The van der Waals surface area contributed by atoms with Gasteiger partial charge in [-0.3, -0.25) is 0 Å². The van der Waals surface area contributed by atoms with Crippen molar-refractivity contribution in [3.8, 4) is 5.75 Å². The Morgan fingerprint density at radius 1 is 1.15 bits per heavy atom. The fourth-order valence-corrected chi connectivity index (χ4v) is 1.47. The minimum atomic E-state index is -4.51. The average Bonchev–Trinajstić information content (AvgIpc) is 2.26. The molecular weight excluding hydrogens is 298 g/mol. The van der Waals surface area contributed by atoms with Gasteiger partial charge in [0.1, 0.15) is 5.75 Å². The lowest BCUT2D eigenvalue weighted by molar-refractivity contribution is -0.253. The maximum atomic E-state index is 12.8. The minimum absolute atomic E-state index is 0. The van der Waals surface area contributed by atoms with Gasteiger partial charge in [-0.25, -0.2) is 0 Å². The highest BCUT2D eigenvalue weighted by molar-refractivity contribution is 5.85. The highest BCUT2D eigenvalue weighted by Gasteiger charge is 2.44. The third-order valence-corrected chi connectivity index (χ3v) is 2.66. The number of halogens is 5. The van der Waals surface area contributed by atoms with Crippen molar-refractivity contribution in [3.05, 3.63) is 29.8 Å². The molecule has 0 aliphatic rings. The summed E-state index contributed by atoms with van der Waals surface area (Å²) < 4.78 is 53.7. The fourth-order valence-electron chi connectivity index (χ4n) is 1.47. The van der Waals surface area contributed by atoms with Gasteiger partial charge in [0.05, 0.1) is 0 Å². The summed E-state index contributed by atoms with van der Waals surface area (Å²) in [5.41, 5.74) is 6.24. The molecule has 2 N–H and O–H groups in total. The van der Waals surface area contributed by atoms with Gasteiger partial charge in [-0.2, -0.15) is 17.6 Å². The SMILES string of the molecule is CC(C)(C)[C@@H](N)c1cccc(OC(F)(F)C(F)F)c1.Cl. The molecule has 0 aliphatic carbocycles. The van der Waals surface area contributed by atoms with E-state index in [1.807, 2.05) is 20.8 Å². The second kappa shape index (κ2) is 6.63. The second-order valence-corrected chi connectivity index (χ2v) is 5.38. The molecule has 7 heteroatoms. The van der Waals surface area contributed by atoms with E-state index >= 15 is 0 Å². The first-order valence-electron chi connectivity index (χ1n) is 5.74. The van der Waals surface area contributed by atoms with Crippen molar-refractivity contribution in [2.75, 3.05) is 0 Å². The third kappa shape index (κ3) is 4.83. The van der Waals surface area contributed by atoms with E-state index in [0.717, 1.165) is 0 Å². The first-order chi connectivity index (χ1) is 8.54. The Morgan fingerprint density at radius 2 is 1.70 bits per heavy atom. The van der Waals surface area contributed by atoms with Crippen molar-refractivity contribution < 1.29 is 22.3 Å². The second-order valence-electron chi connectivity index (χ2n) is 5.38. The van der Waals surface area contributed by atoms with Crippen LogP contribution in [0.4, 0.5) is 17.6 Å². The molecule has 0 heterocycles. The third-order valence-electron chi connectivity index (χ3n) is 2.66. The van der Waals surface area contributed by atoms with Gasteiger partial charge in [-0.15, -0.1) is 12.4 Å². The topological polar surface area (TPSA) is 35.2 Å². The smallest absolute Gasteiger partial charge is 0.428 e. The van der Waals surface area contributed by atoms with E-state index in [4.69, 9.17) is 5.73 Å². The maximum Gasteiger partial charge on any atom is 0.461 e. The molecule has 0 bridgehead atoms. The summed E-state index contributed by atoms with van der Waals surface area (Å²) in [6, 6.07) is 5.11. The maximum absolute atomic E-state index is 12.8. The van der Waals surface area contributed by atoms with Gasteiger partial charge < -0.3 is 10.5 Å². The van der Waals surface area contributed by atoms with Gasteiger partial charge >= 0.3 is 12.5 Å². The number of nitrogens with two attached hydrogens (primary N) is 1. The van der Waals surface area contributed by atoms with E-state index in [0.29, 0.717) is 5.56 Å². The number of rotatable bonds is 4. The summed E-state index contributed by atoms with van der Waals surface area (Å²) >= 11 is 0. The molecule has 116 valence electrons. The Labute approximate surface area is 121 Å². The predicted octanol–water partition coefficient (Wildman–Crippen LogP) is 4.39. The van der Waals surface area contributed by atoms with Crippen LogP contribution in [0.15, 0.2) is 24.3 Å². The quantitative estimate of drug-likeness (QED) is 0.836. The lowest BCUT2D eigenvalue weighted by Crippen LogP contribution is -2.33. The van der Waals surface area contributed by atoms with E-state index < -0.39 is 18.6 Å². The van der Waals surface area contributed by atoms with Crippen LogP contribution in [0.3, 0.4) is 0 Å². The number of alkyl halides is 4.